The molecule has 1 saturated heterocycles. The largest absolute Gasteiger partial charge is 0.467 e. The number of carbonyl (C=O) groups excluding carboxylic acids is 3. The zero-order valence-electron chi connectivity index (χ0n) is 31.5. The molecule has 3 aromatic rings. The Morgan fingerprint density at radius 1 is 1.00 bits per heavy atom. The van der Waals surface area contributed by atoms with Crippen LogP contribution >= 0.6 is 0 Å². The van der Waals surface area contributed by atoms with Gasteiger partial charge in [0.15, 0.2) is 6.04 Å². The third-order valence-corrected chi connectivity index (χ3v) is 10.1. The number of methoxy groups -OCH3 is 1. The Kier molecular flexibility index (Phi) is 16.2. The summed E-state index contributed by atoms with van der Waals surface area (Å²) in [6, 6.07) is 6.45. The number of aliphatic hydroxyl groups is 1. The standard InChI is InChI=1S/C37H58N12O5/c1-54-36(53)32(25-50)43-35(52)30(38)13-14-33(51)48-21-15-27(16-22-48)42-34-29-11-5-6-12-31(29)44-37(45-34)41-23-28-24-49(47-46-28)20-8-18-39-17-7-19-40-26-9-3-2-4-10-26/h5-6,11-12,24,26-27,30,32,39-40,50H,2-4,7-10,13-23,25,38H2,1H3,(H,43,52)(H2,41,42,44,45). The average Bonchev–Trinajstić information content (AvgIpc) is 3.67. The molecule has 2 fully saturated rings. The number of nitrogens with zero attached hydrogens (tertiary/aromatic N) is 6. The highest BCUT2D eigenvalue weighted by atomic mass is 16.5. The first-order valence-corrected chi connectivity index (χ1v) is 19.5. The van der Waals surface area contributed by atoms with Crippen LogP contribution in [-0.2, 0) is 32.2 Å². The number of aromatic nitrogens is 5. The summed E-state index contributed by atoms with van der Waals surface area (Å²) in [5, 5.41) is 35.4. The van der Waals surface area contributed by atoms with Gasteiger partial charge in [-0.05, 0) is 76.7 Å². The Morgan fingerprint density at radius 2 is 1.78 bits per heavy atom. The smallest absolute Gasteiger partial charge is 0.330 e. The average molecular weight is 751 g/mol. The molecule has 17 heteroatoms. The quantitative estimate of drug-likeness (QED) is 0.0602. The van der Waals surface area contributed by atoms with Crippen molar-refractivity contribution in [2.24, 2.45) is 5.73 Å². The van der Waals surface area contributed by atoms with E-state index in [1.165, 1.54) is 32.1 Å². The van der Waals surface area contributed by atoms with Crippen LogP contribution in [0, 0.1) is 0 Å². The number of rotatable bonds is 21. The zero-order chi connectivity index (χ0) is 38.1. The van der Waals surface area contributed by atoms with E-state index in [1.54, 1.807) is 4.90 Å². The van der Waals surface area contributed by atoms with Crippen molar-refractivity contribution >= 4 is 40.5 Å². The number of esters is 1. The molecule has 5 rings (SSSR count). The fourth-order valence-corrected chi connectivity index (χ4v) is 6.92. The number of likely N-dealkylation sites (tertiary alicyclic amines) is 1. The van der Waals surface area contributed by atoms with Crippen LogP contribution in [0.4, 0.5) is 11.8 Å². The van der Waals surface area contributed by atoms with E-state index in [1.807, 2.05) is 35.1 Å². The van der Waals surface area contributed by atoms with E-state index in [9.17, 15) is 19.5 Å². The van der Waals surface area contributed by atoms with Crippen LogP contribution in [0.3, 0.4) is 0 Å². The van der Waals surface area contributed by atoms with Crippen molar-refractivity contribution in [3.63, 3.8) is 0 Å². The highest BCUT2D eigenvalue weighted by Crippen LogP contribution is 2.25. The number of carbonyl (C=O) groups is 3. The molecular weight excluding hydrogens is 692 g/mol. The Hall–Kier alpha value is -4.45. The van der Waals surface area contributed by atoms with Crippen molar-refractivity contribution in [1.82, 2.24) is 45.8 Å². The van der Waals surface area contributed by atoms with Gasteiger partial charge in [0, 0.05) is 43.5 Å². The maximum Gasteiger partial charge on any atom is 0.330 e. The van der Waals surface area contributed by atoms with Gasteiger partial charge in [0.1, 0.15) is 11.5 Å². The molecule has 0 spiro atoms. The van der Waals surface area contributed by atoms with Crippen LogP contribution in [0.2, 0.25) is 0 Å². The van der Waals surface area contributed by atoms with Crippen LogP contribution in [0.1, 0.15) is 76.3 Å². The number of nitrogens with one attached hydrogen (secondary N) is 5. The summed E-state index contributed by atoms with van der Waals surface area (Å²) < 4.78 is 6.43. The number of aryl methyl sites for hydroxylation is 1. The molecule has 0 bridgehead atoms. The zero-order valence-corrected chi connectivity index (χ0v) is 31.5. The fraction of sp³-hybridized carbons (Fsp3) is 0.649. The lowest BCUT2D eigenvalue weighted by Crippen LogP contribution is -2.50. The van der Waals surface area contributed by atoms with Gasteiger partial charge in [-0.2, -0.15) is 4.98 Å². The number of amides is 2. The number of hydrogen-bond acceptors (Lipinski definition) is 14. The van der Waals surface area contributed by atoms with Crippen molar-refractivity contribution in [3.05, 3.63) is 36.2 Å². The van der Waals surface area contributed by atoms with Crippen LogP contribution in [0.15, 0.2) is 30.5 Å². The Balaban J connectivity index is 1.02. The van der Waals surface area contributed by atoms with E-state index < -0.39 is 30.6 Å². The van der Waals surface area contributed by atoms with E-state index in [0.29, 0.717) is 38.4 Å². The minimum absolute atomic E-state index is 0.0869. The SMILES string of the molecule is COC(=O)C(CO)NC(=O)C(N)CCC(=O)N1CCC(Nc2nc(NCc3cn(CCCNCCCNC4CCCCC4)nn3)nc3ccccc23)CC1. The minimum Gasteiger partial charge on any atom is -0.467 e. The summed E-state index contributed by atoms with van der Waals surface area (Å²) in [5.41, 5.74) is 7.57. The predicted molar refractivity (Wildman–Crippen MR) is 205 cm³/mol. The molecule has 8 N–H and O–H groups in total. The van der Waals surface area contributed by atoms with E-state index >= 15 is 0 Å². The highest BCUT2D eigenvalue weighted by Gasteiger charge is 2.27. The van der Waals surface area contributed by atoms with Crippen molar-refractivity contribution in [3.8, 4) is 0 Å². The normalized spacial score (nSPS) is 16.5. The molecule has 17 nitrogen and oxygen atoms in total. The van der Waals surface area contributed by atoms with Crippen molar-refractivity contribution in [1.29, 1.82) is 0 Å². The van der Waals surface area contributed by atoms with Gasteiger partial charge in [-0.15, -0.1) is 5.10 Å². The number of ether oxygens (including phenoxy) is 1. The molecule has 1 aliphatic heterocycles. The van der Waals surface area contributed by atoms with Gasteiger partial charge >= 0.3 is 5.97 Å². The number of benzene rings is 1. The first kappa shape index (κ1) is 40.7. The molecular formula is C37H58N12O5. The van der Waals surface area contributed by atoms with E-state index in [2.05, 4.69) is 41.6 Å². The number of aliphatic hydroxyl groups excluding tert-OH is 1. The van der Waals surface area contributed by atoms with Gasteiger partial charge in [-0.1, -0.05) is 36.6 Å². The third-order valence-electron chi connectivity index (χ3n) is 10.1. The van der Waals surface area contributed by atoms with Gasteiger partial charge < -0.3 is 47.1 Å². The van der Waals surface area contributed by atoms with Crippen molar-refractivity contribution in [2.75, 3.05) is 57.1 Å². The Labute approximate surface area is 316 Å². The molecule has 54 heavy (non-hydrogen) atoms. The number of fused-ring (bicyclic) bond motifs is 1. The first-order valence-electron chi connectivity index (χ1n) is 19.5. The maximum absolute atomic E-state index is 12.9. The number of para-hydroxylation sites is 1. The maximum atomic E-state index is 12.9. The topological polar surface area (TPSA) is 227 Å². The number of nitrogens with two attached hydrogens (primary N) is 1. The molecule has 1 aliphatic carbocycles. The lowest BCUT2D eigenvalue weighted by Gasteiger charge is -2.33. The summed E-state index contributed by atoms with van der Waals surface area (Å²) in [6.07, 6.45) is 12.5. The molecule has 2 unspecified atom stereocenters. The van der Waals surface area contributed by atoms with Gasteiger partial charge in [-0.25, -0.2) is 9.78 Å². The molecule has 2 aromatic heterocycles. The lowest BCUT2D eigenvalue weighted by molar-refractivity contribution is -0.146. The van der Waals surface area contributed by atoms with Crippen LogP contribution in [0.25, 0.3) is 10.9 Å². The molecule has 0 radical (unpaired) electrons. The molecule has 2 amide bonds. The molecule has 1 saturated carbocycles. The fourth-order valence-electron chi connectivity index (χ4n) is 6.92. The van der Waals surface area contributed by atoms with Crippen molar-refractivity contribution in [2.45, 2.75) is 108 Å². The Morgan fingerprint density at radius 3 is 2.56 bits per heavy atom. The van der Waals surface area contributed by atoms with Crippen molar-refractivity contribution < 1.29 is 24.2 Å². The second-order valence-electron chi connectivity index (χ2n) is 14.2. The summed E-state index contributed by atoms with van der Waals surface area (Å²) >= 11 is 0. The minimum atomic E-state index is -1.20. The second kappa shape index (κ2) is 21.4. The van der Waals surface area contributed by atoms with Crippen LogP contribution < -0.4 is 32.3 Å². The van der Waals surface area contributed by atoms with Gasteiger partial charge in [0.25, 0.3) is 0 Å². The highest BCUT2D eigenvalue weighted by molar-refractivity contribution is 5.90. The Bertz CT molecular complexity index is 1630. The van der Waals surface area contributed by atoms with E-state index in [4.69, 9.17) is 15.7 Å². The first-order chi connectivity index (χ1) is 26.3. The number of hydrogen-bond donors (Lipinski definition) is 7. The van der Waals surface area contributed by atoms with E-state index in [0.717, 1.165) is 74.6 Å². The number of anilines is 2. The van der Waals surface area contributed by atoms with Crippen LogP contribution in [0.5, 0.6) is 0 Å². The van der Waals surface area contributed by atoms with Gasteiger partial charge in [0.2, 0.25) is 17.8 Å². The van der Waals surface area contributed by atoms with Crippen LogP contribution in [-0.4, -0.2) is 123 Å². The molecule has 2 aliphatic rings. The third kappa shape index (κ3) is 12.6. The van der Waals surface area contributed by atoms with Gasteiger partial charge in [-0.3, -0.25) is 14.3 Å². The summed E-state index contributed by atoms with van der Waals surface area (Å²) in [5.74, 6) is -0.290. The lowest BCUT2D eigenvalue weighted by atomic mass is 9.95. The molecule has 296 valence electrons. The second-order valence-corrected chi connectivity index (χ2v) is 14.2. The monoisotopic (exact) mass is 750 g/mol. The van der Waals surface area contributed by atoms with Gasteiger partial charge in [0.05, 0.1) is 38.0 Å². The summed E-state index contributed by atoms with van der Waals surface area (Å²) in [6.45, 7) is 4.74. The van der Waals surface area contributed by atoms with E-state index in [-0.39, 0.29) is 24.8 Å². The predicted octanol–water partition coefficient (Wildman–Crippen LogP) is 1.29. The summed E-state index contributed by atoms with van der Waals surface area (Å²) in [7, 11) is 1.16. The molecule has 3 heterocycles. The molecule has 1 aromatic carbocycles. The molecule has 2 atom stereocenters. The number of piperidine rings is 1. The summed E-state index contributed by atoms with van der Waals surface area (Å²) in [4.78, 5) is 48.3.